The van der Waals surface area contributed by atoms with Gasteiger partial charge in [-0.1, -0.05) is 23.9 Å². The van der Waals surface area contributed by atoms with Gasteiger partial charge in [0, 0.05) is 11.4 Å². The monoisotopic (exact) mass is 454 g/mol. The Bertz CT molecular complexity index is 1230. The van der Waals surface area contributed by atoms with Crippen LogP contribution in [-0.2, 0) is 17.6 Å². The van der Waals surface area contributed by atoms with Gasteiger partial charge in [0.15, 0.2) is 5.16 Å². The number of thiophene rings is 1. The number of benzene rings is 1. The van der Waals surface area contributed by atoms with Crippen molar-refractivity contribution in [3.63, 3.8) is 0 Å². The molecule has 0 fully saturated rings. The van der Waals surface area contributed by atoms with Gasteiger partial charge in [-0.25, -0.2) is 4.98 Å². The van der Waals surface area contributed by atoms with Gasteiger partial charge in [-0.2, -0.15) is 5.26 Å². The number of rotatable bonds is 7. The number of carbonyl (C=O) groups is 1. The van der Waals surface area contributed by atoms with E-state index in [4.69, 9.17) is 15.0 Å². The lowest BCUT2D eigenvalue weighted by molar-refractivity contribution is -0.118. The first-order valence-corrected chi connectivity index (χ1v) is 11.9. The Hall–Kier alpha value is -2.83. The lowest BCUT2D eigenvalue weighted by Gasteiger charge is -2.15. The summed E-state index contributed by atoms with van der Waals surface area (Å²) in [6.07, 6.45) is 4.34. The lowest BCUT2D eigenvalue weighted by Crippen LogP contribution is -2.27. The van der Waals surface area contributed by atoms with Gasteiger partial charge in [-0.15, -0.1) is 11.3 Å². The van der Waals surface area contributed by atoms with Crippen molar-refractivity contribution in [1.82, 2.24) is 14.9 Å². The number of thioether (sulfide) groups is 1. The predicted molar refractivity (Wildman–Crippen MR) is 122 cm³/mol. The molecule has 0 saturated heterocycles. The van der Waals surface area contributed by atoms with Gasteiger partial charge in [-0.3, -0.25) is 14.2 Å². The summed E-state index contributed by atoms with van der Waals surface area (Å²) in [4.78, 5) is 32.7. The zero-order valence-electron chi connectivity index (χ0n) is 17.1. The lowest BCUT2D eigenvalue weighted by atomic mass is 9.97. The van der Waals surface area contributed by atoms with Gasteiger partial charge in [0.05, 0.1) is 36.4 Å². The van der Waals surface area contributed by atoms with Crippen molar-refractivity contribution in [1.29, 1.82) is 5.26 Å². The molecule has 1 aliphatic rings. The van der Waals surface area contributed by atoms with E-state index in [-0.39, 0.29) is 23.6 Å². The number of methoxy groups -OCH3 is 1. The zero-order chi connectivity index (χ0) is 21.8. The van der Waals surface area contributed by atoms with Gasteiger partial charge < -0.3 is 10.1 Å². The highest BCUT2D eigenvalue weighted by atomic mass is 32.2. The summed E-state index contributed by atoms with van der Waals surface area (Å²) in [5, 5.41) is 12.5. The summed E-state index contributed by atoms with van der Waals surface area (Å²) in [6, 6.07) is 9.32. The molecule has 1 aromatic carbocycles. The van der Waals surface area contributed by atoms with Gasteiger partial charge in [0.1, 0.15) is 10.6 Å². The molecule has 9 heteroatoms. The van der Waals surface area contributed by atoms with Crippen LogP contribution in [0, 0.1) is 11.3 Å². The van der Waals surface area contributed by atoms with E-state index in [0.29, 0.717) is 28.5 Å². The molecule has 2 heterocycles. The number of carbonyl (C=O) groups excluding carboxylic acids is 1. The van der Waals surface area contributed by atoms with E-state index in [9.17, 15) is 9.59 Å². The molecule has 1 N–H and O–H groups in total. The molecule has 0 saturated carbocycles. The second kappa shape index (κ2) is 9.54. The third-order valence-corrected chi connectivity index (χ3v) is 7.30. The minimum atomic E-state index is -0.202. The molecule has 31 heavy (non-hydrogen) atoms. The van der Waals surface area contributed by atoms with Crippen molar-refractivity contribution in [2.75, 3.05) is 19.4 Å². The second-order valence-corrected chi connectivity index (χ2v) is 9.17. The van der Waals surface area contributed by atoms with E-state index >= 15 is 0 Å². The van der Waals surface area contributed by atoms with Crippen LogP contribution in [0.2, 0.25) is 0 Å². The van der Waals surface area contributed by atoms with Crippen molar-refractivity contribution >= 4 is 39.2 Å². The Labute approximate surface area is 188 Å². The molecule has 1 amide bonds. The fourth-order valence-corrected chi connectivity index (χ4v) is 5.89. The number of ether oxygens (including phenoxy) is 1. The molecule has 0 unspecified atom stereocenters. The van der Waals surface area contributed by atoms with E-state index in [0.717, 1.165) is 36.1 Å². The number of para-hydroxylation sites is 2. The number of hydrogen-bond acceptors (Lipinski definition) is 7. The van der Waals surface area contributed by atoms with Gasteiger partial charge in [-0.05, 0) is 43.4 Å². The van der Waals surface area contributed by atoms with E-state index in [1.165, 1.54) is 16.6 Å². The second-order valence-electron chi connectivity index (χ2n) is 7.14. The number of fused-ring (bicyclic) bond motifs is 3. The quantitative estimate of drug-likeness (QED) is 0.334. The van der Waals surface area contributed by atoms with Crippen molar-refractivity contribution in [3.8, 4) is 17.5 Å². The van der Waals surface area contributed by atoms with Crippen molar-refractivity contribution in [2.45, 2.75) is 37.3 Å². The van der Waals surface area contributed by atoms with Gasteiger partial charge in [0.25, 0.3) is 5.56 Å². The Morgan fingerprint density at radius 1 is 1.35 bits per heavy atom. The molecule has 160 valence electrons. The molecule has 0 spiro atoms. The highest BCUT2D eigenvalue weighted by Crippen LogP contribution is 2.36. The summed E-state index contributed by atoms with van der Waals surface area (Å²) in [7, 11) is 1.57. The van der Waals surface area contributed by atoms with Crippen LogP contribution >= 0.6 is 23.1 Å². The van der Waals surface area contributed by atoms with E-state index in [2.05, 4.69) is 5.32 Å². The molecule has 4 rings (SSSR count). The highest BCUT2D eigenvalue weighted by Gasteiger charge is 2.24. The average Bonchev–Trinajstić information content (AvgIpc) is 3.16. The molecule has 1 aliphatic carbocycles. The average molecular weight is 455 g/mol. The van der Waals surface area contributed by atoms with Crippen molar-refractivity contribution < 1.29 is 9.53 Å². The fraction of sp³-hybridized carbons (Fsp3) is 0.364. The molecule has 2 aromatic heterocycles. The Balaban J connectivity index is 1.81. The molecule has 0 atom stereocenters. The third kappa shape index (κ3) is 4.31. The molecule has 0 radical (unpaired) electrons. The number of nitriles is 1. The summed E-state index contributed by atoms with van der Waals surface area (Å²) in [6.45, 7) is 0.305. The Morgan fingerprint density at radius 2 is 2.16 bits per heavy atom. The number of aryl methyl sites for hydroxylation is 2. The van der Waals surface area contributed by atoms with Crippen LogP contribution in [0.4, 0.5) is 0 Å². The summed E-state index contributed by atoms with van der Waals surface area (Å²) < 4.78 is 7.07. The molecule has 7 nitrogen and oxygen atoms in total. The smallest absolute Gasteiger partial charge is 0.267 e. The van der Waals surface area contributed by atoms with Crippen molar-refractivity contribution in [3.05, 3.63) is 45.1 Å². The number of nitrogens with zero attached hydrogens (tertiary/aromatic N) is 3. The summed E-state index contributed by atoms with van der Waals surface area (Å²) >= 11 is 2.80. The number of aromatic nitrogens is 2. The van der Waals surface area contributed by atoms with Crippen LogP contribution in [0.1, 0.15) is 29.7 Å². The Morgan fingerprint density at radius 3 is 2.97 bits per heavy atom. The maximum atomic E-state index is 13.7. The van der Waals surface area contributed by atoms with Crippen LogP contribution in [0.3, 0.4) is 0 Å². The molecular weight excluding hydrogens is 432 g/mol. The number of amides is 1. The molecule has 3 aromatic rings. The maximum Gasteiger partial charge on any atom is 0.267 e. The third-order valence-electron chi connectivity index (χ3n) is 5.18. The number of nitrogens with one attached hydrogen (secondary N) is 1. The standard InChI is InChI=1S/C22H22N4O3S2/c1-29-16-9-4-3-8-15(16)26-21(28)19-14-7-2-5-10-17(14)31-20(19)25-22(26)30-13-18(27)24-12-6-11-23/h3-4,8-9H,2,5-7,10,12-13H2,1H3,(H,24,27). The highest BCUT2D eigenvalue weighted by molar-refractivity contribution is 7.99. The van der Waals surface area contributed by atoms with Crippen LogP contribution in [0.25, 0.3) is 15.9 Å². The van der Waals surface area contributed by atoms with Crippen LogP contribution in [0.5, 0.6) is 5.75 Å². The first-order valence-electron chi connectivity index (χ1n) is 10.1. The summed E-state index contributed by atoms with van der Waals surface area (Å²) in [5.41, 5.74) is 1.60. The molecule has 0 aliphatic heterocycles. The fourth-order valence-electron chi connectivity index (χ4n) is 3.75. The first-order chi connectivity index (χ1) is 15.1. The van der Waals surface area contributed by atoms with Crippen LogP contribution in [-0.4, -0.2) is 34.9 Å². The van der Waals surface area contributed by atoms with Crippen molar-refractivity contribution in [2.24, 2.45) is 0 Å². The maximum absolute atomic E-state index is 13.7. The largest absolute Gasteiger partial charge is 0.495 e. The van der Waals surface area contributed by atoms with Crippen LogP contribution in [0.15, 0.2) is 34.2 Å². The van der Waals surface area contributed by atoms with E-state index in [1.54, 1.807) is 29.1 Å². The topological polar surface area (TPSA) is 97.0 Å². The first kappa shape index (κ1) is 21.4. The normalized spacial score (nSPS) is 12.9. The van der Waals surface area contributed by atoms with Gasteiger partial charge >= 0.3 is 0 Å². The number of hydrogen-bond donors (Lipinski definition) is 1. The minimum absolute atomic E-state index is 0.101. The molecule has 0 bridgehead atoms. The van der Waals surface area contributed by atoms with Gasteiger partial charge in [0.2, 0.25) is 5.91 Å². The minimum Gasteiger partial charge on any atom is -0.495 e. The predicted octanol–water partition coefficient (Wildman–Crippen LogP) is 3.46. The van der Waals surface area contributed by atoms with E-state index < -0.39 is 0 Å². The van der Waals surface area contributed by atoms with Crippen LogP contribution < -0.4 is 15.6 Å². The molecular formula is C22H22N4O3S2. The SMILES string of the molecule is COc1ccccc1-n1c(SCC(=O)NCCC#N)nc2sc3c(c2c1=O)CCCC3. The Kier molecular flexibility index (Phi) is 6.59. The van der Waals surface area contributed by atoms with E-state index in [1.807, 2.05) is 24.3 Å². The summed E-state index contributed by atoms with van der Waals surface area (Å²) in [5.74, 6) is 0.464. The zero-order valence-corrected chi connectivity index (χ0v) is 18.8.